The molecule has 0 amide bonds. The lowest BCUT2D eigenvalue weighted by Crippen LogP contribution is -2.27. The molecule has 1 aliphatic heterocycles. The van der Waals surface area contributed by atoms with Gasteiger partial charge < -0.3 is 10.4 Å². The Morgan fingerprint density at radius 2 is 2.20 bits per heavy atom. The average Bonchev–Trinajstić information content (AvgIpc) is 2.46. The van der Waals surface area contributed by atoms with Gasteiger partial charge in [0.1, 0.15) is 5.69 Å². The van der Waals surface area contributed by atoms with E-state index in [0.29, 0.717) is 24.5 Å². The molecule has 6 nitrogen and oxygen atoms in total. The molecule has 0 aliphatic carbocycles. The molecule has 0 fully saturated rings. The second-order valence-electron chi connectivity index (χ2n) is 4.41. The highest BCUT2D eigenvalue weighted by atomic mass is 79.9. The summed E-state index contributed by atoms with van der Waals surface area (Å²) in [6.45, 7) is 1.30. The minimum Gasteiger partial charge on any atom is -0.476 e. The molecule has 7 heteroatoms. The van der Waals surface area contributed by atoms with Crippen molar-refractivity contribution < 1.29 is 9.90 Å². The lowest BCUT2D eigenvalue weighted by atomic mass is 10.0. The number of pyridine rings is 1. The summed E-state index contributed by atoms with van der Waals surface area (Å²) in [5.74, 6) is -0.679. The normalized spacial score (nSPS) is 13.8. The maximum Gasteiger partial charge on any atom is 0.354 e. The quantitative estimate of drug-likeness (QED) is 0.868. The van der Waals surface area contributed by atoms with Gasteiger partial charge in [-0.15, -0.1) is 0 Å². The number of rotatable bonds is 2. The van der Waals surface area contributed by atoms with Crippen LogP contribution in [0.4, 0.5) is 0 Å². The number of fused-ring (bicyclic) bond motifs is 1. The molecule has 2 aromatic rings. The van der Waals surface area contributed by atoms with Gasteiger partial charge in [-0.05, 0) is 41.0 Å². The van der Waals surface area contributed by atoms with Crippen LogP contribution < -0.4 is 5.32 Å². The Morgan fingerprint density at radius 1 is 1.35 bits per heavy atom. The van der Waals surface area contributed by atoms with Gasteiger partial charge in [0.25, 0.3) is 0 Å². The van der Waals surface area contributed by atoms with Crippen molar-refractivity contribution >= 4 is 21.9 Å². The highest BCUT2D eigenvalue weighted by Crippen LogP contribution is 2.21. The molecule has 3 heterocycles. The zero-order valence-corrected chi connectivity index (χ0v) is 12.0. The van der Waals surface area contributed by atoms with Gasteiger partial charge in [-0.2, -0.15) is 0 Å². The predicted octanol–water partition coefficient (Wildman–Crippen LogP) is 1.64. The monoisotopic (exact) mass is 334 g/mol. The van der Waals surface area contributed by atoms with Gasteiger partial charge in [0.05, 0.1) is 5.69 Å². The molecule has 0 atom stereocenters. The first kappa shape index (κ1) is 13.1. The Bertz CT molecular complexity index is 673. The smallest absolute Gasteiger partial charge is 0.354 e. The van der Waals surface area contributed by atoms with Gasteiger partial charge in [-0.25, -0.2) is 14.8 Å². The molecular formula is C13H11BrN4O2. The number of carbonyl (C=O) groups is 1. The van der Waals surface area contributed by atoms with E-state index in [1.165, 1.54) is 0 Å². The molecule has 0 saturated carbocycles. The van der Waals surface area contributed by atoms with Crippen LogP contribution in [0.25, 0.3) is 11.5 Å². The summed E-state index contributed by atoms with van der Waals surface area (Å²) in [6, 6.07) is 3.58. The van der Waals surface area contributed by atoms with Crippen LogP contribution in [0.15, 0.2) is 22.8 Å². The molecule has 102 valence electrons. The van der Waals surface area contributed by atoms with Crippen molar-refractivity contribution in [3.05, 3.63) is 39.8 Å². The highest BCUT2D eigenvalue weighted by Gasteiger charge is 2.22. The van der Waals surface area contributed by atoms with Gasteiger partial charge in [0, 0.05) is 22.8 Å². The van der Waals surface area contributed by atoms with E-state index >= 15 is 0 Å². The number of hydrogen-bond acceptors (Lipinski definition) is 5. The molecule has 0 unspecified atom stereocenters. The summed E-state index contributed by atoms with van der Waals surface area (Å²) in [5.41, 5.74) is 2.10. The van der Waals surface area contributed by atoms with Gasteiger partial charge in [-0.1, -0.05) is 0 Å². The minimum atomic E-state index is -1.02. The number of nitrogens with zero attached hydrogens (tertiary/aromatic N) is 3. The maximum atomic E-state index is 11.4. The van der Waals surface area contributed by atoms with E-state index in [9.17, 15) is 9.90 Å². The molecule has 0 aromatic carbocycles. The van der Waals surface area contributed by atoms with Crippen LogP contribution in [0, 0.1) is 0 Å². The fraction of sp³-hybridized carbons (Fsp3) is 0.231. The summed E-state index contributed by atoms with van der Waals surface area (Å²) >= 11 is 3.31. The summed E-state index contributed by atoms with van der Waals surface area (Å²) in [5, 5.41) is 12.5. The second kappa shape index (κ2) is 5.26. The van der Waals surface area contributed by atoms with E-state index in [2.05, 4.69) is 36.2 Å². The molecule has 2 aromatic heterocycles. The lowest BCUT2D eigenvalue weighted by Gasteiger charge is -2.18. The maximum absolute atomic E-state index is 11.4. The number of nitrogens with one attached hydrogen (secondary N) is 1. The highest BCUT2D eigenvalue weighted by molar-refractivity contribution is 9.10. The van der Waals surface area contributed by atoms with Crippen LogP contribution in [0.1, 0.15) is 21.7 Å². The number of aromatic carboxylic acids is 1. The van der Waals surface area contributed by atoms with Gasteiger partial charge in [0.2, 0.25) is 0 Å². The summed E-state index contributed by atoms with van der Waals surface area (Å²) in [4.78, 5) is 24.2. The second-order valence-corrected chi connectivity index (χ2v) is 5.33. The van der Waals surface area contributed by atoms with E-state index in [1.807, 2.05) is 6.07 Å². The third-order valence-electron chi connectivity index (χ3n) is 3.10. The van der Waals surface area contributed by atoms with E-state index in [4.69, 9.17) is 0 Å². The van der Waals surface area contributed by atoms with Crippen molar-refractivity contribution in [3.8, 4) is 11.5 Å². The average molecular weight is 335 g/mol. The van der Waals surface area contributed by atoms with Crippen molar-refractivity contribution in [2.75, 3.05) is 6.54 Å². The first-order valence-electron chi connectivity index (χ1n) is 6.11. The Hall–Kier alpha value is -1.86. The van der Waals surface area contributed by atoms with Gasteiger partial charge >= 0.3 is 5.97 Å². The van der Waals surface area contributed by atoms with Crippen LogP contribution in [0.2, 0.25) is 0 Å². The fourth-order valence-corrected chi connectivity index (χ4v) is 2.39. The first-order valence-corrected chi connectivity index (χ1v) is 6.90. The molecular weight excluding hydrogens is 324 g/mol. The molecule has 0 spiro atoms. The summed E-state index contributed by atoms with van der Waals surface area (Å²) in [6.07, 6.45) is 2.27. The van der Waals surface area contributed by atoms with E-state index in [-0.39, 0.29) is 5.69 Å². The molecule has 0 saturated heterocycles. The zero-order valence-electron chi connectivity index (χ0n) is 10.4. The number of halogens is 1. The molecule has 20 heavy (non-hydrogen) atoms. The molecule has 0 bridgehead atoms. The van der Waals surface area contributed by atoms with Crippen LogP contribution in [0.5, 0.6) is 0 Å². The van der Waals surface area contributed by atoms with Crippen molar-refractivity contribution in [2.24, 2.45) is 0 Å². The molecule has 2 N–H and O–H groups in total. The van der Waals surface area contributed by atoms with Crippen LogP contribution >= 0.6 is 15.9 Å². The number of carboxylic acid groups (broad SMARTS) is 1. The molecule has 1 aliphatic rings. The SMILES string of the molecule is O=C(O)c1nc(-c2ccc(Br)cn2)nc2c1CCNC2. The van der Waals surface area contributed by atoms with E-state index < -0.39 is 5.97 Å². The third-order valence-corrected chi connectivity index (χ3v) is 3.57. The van der Waals surface area contributed by atoms with Crippen LogP contribution in [-0.2, 0) is 13.0 Å². The van der Waals surface area contributed by atoms with Crippen LogP contribution in [0.3, 0.4) is 0 Å². The first-order chi connectivity index (χ1) is 9.65. The van der Waals surface area contributed by atoms with E-state index in [1.54, 1.807) is 12.3 Å². The topological polar surface area (TPSA) is 88.0 Å². The predicted molar refractivity (Wildman–Crippen MR) is 75.3 cm³/mol. The number of hydrogen-bond donors (Lipinski definition) is 2. The van der Waals surface area contributed by atoms with Crippen molar-refractivity contribution in [2.45, 2.75) is 13.0 Å². The zero-order chi connectivity index (χ0) is 14.1. The Labute approximate surface area is 123 Å². The molecule has 3 rings (SSSR count). The van der Waals surface area contributed by atoms with Crippen molar-refractivity contribution in [1.82, 2.24) is 20.3 Å². The van der Waals surface area contributed by atoms with Crippen molar-refractivity contribution in [3.63, 3.8) is 0 Å². The summed E-state index contributed by atoms with van der Waals surface area (Å²) < 4.78 is 0.847. The Balaban J connectivity index is 2.14. The van der Waals surface area contributed by atoms with Gasteiger partial charge in [-0.3, -0.25) is 4.98 Å². The fourth-order valence-electron chi connectivity index (χ4n) is 2.16. The molecule has 0 radical (unpaired) electrons. The third kappa shape index (κ3) is 2.41. The number of carboxylic acids is 1. The lowest BCUT2D eigenvalue weighted by molar-refractivity contribution is 0.0688. The number of aromatic nitrogens is 3. The van der Waals surface area contributed by atoms with Gasteiger partial charge in [0.15, 0.2) is 11.5 Å². The van der Waals surface area contributed by atoms with Crippen molar-refractivity contribution in [1.29, 1.82) is 0 Å². The van der Waals surface area contributed by atoms with E-state index in [0.717, 1.165) is 22.3 Å². The minimum absolute atomic E-state index is 0.0798. The summed E-state index contributed by atoms with van der Waals surface area (Å²) in [7, 11) is 0. The Kier molecular flexibility index (Phi) is 3.45. The van der Waals surface area contributed by atoms with Crippen LogP contribution in [-0.4, -0.2) is 32.6 Å². The standard InChI is InChI=1S/C13H11BrN4O2/c14-7-1-2-9(16-5-7)12-17-10-6-15-4-3-8(10)11(18-12)13(19)20/h1-2,5,15H,3-4,6H2,(H,19,20). The largest absolute Gasteiger partial charge is 0.476 e. The Morgan fingerprint density at radius 3 is 2.90 bits per heavy atom.